The van der Waals surface area contributed by atoms with Crippen molar-refractivity contribution in [1.82, 2.24) is 4.90 Å². The number of aryl methyl sites for hydroxylation is 2. The lowest BCUT2D eigenvalue weighted by Gasteiger charge is -2.43. The van der Waals surface area contributed by atoms with Crippen LogP contribution in [-0.4, -0.2) is 24.1 Å². The van der Waals surface area contributed by atoms with Gasteiger partial charge in [0.25, 0.3) is 0 Å². The molecule has 1 heterocycles. The summed E-state index contributed by atoms with van der Waals surface area (Å²) in [6.45, 7) is 6.32. The zero-order chi connectivity index (χ0) is 14.7. The highest BCUT2D eigenvalue weighted by molar-refractivity contribution is 5.35. The van der Waals surface area contributed by atoms with Gasteiger partial charge >= 0.3 is 0 Å². The Morgan fingerprint density at radius 1 is 1.29 bits per heavy atom. The molecular formula is C19H25NO. The van der Waals surface area contributed by atoms with E-state index in [0.717, 1.165) is 25.3 Å². The predicted octanol–water partition coefficient (Wildman–Crippen LogP) is 4.24. The van der Waals surface area contributed by atoms with E-state index in [2.05, 4.69) is 55.2 Å². The molecule has 3 rings (SSSR count). The fourth-order valence-corrected chi connectivity index (χ4v) is 3.08. The first-order valence-electron chi connectivity index (χ1n) is 8.13. The van der Waals surface area contributed by atoms with Gasteiger partial charge < -0.3 is 9.64 Å². The van der Waals surface area contributed by atoms with Gasteiger partial charge in [0.1, 0.15) is 12.4 Å². The van der Waals surface area contributed by atoms with Crippen molar-refractivity contribution in [1.29, 1.82) is 0 Å². The van der Waals surface area contributed by atoms with Crippen LogP contribution in [0.25, 0.3) is 0 Å². The van der Waals surface area contributed by atoms with E-state index in [9.17, 15) is 0 Å². The molecule has 2 aliphatic rings. The Morgan fingerprint density at radius 3 is 2.86 bits per heavy atom. The van der Waals surface area contributed by atoms with Gasteiger partial charge in [0.2, 0.25) is 0 Å². The summed E-state index contributed by atoms with van der Waals surface area (Å²) in [4.78, 5) is 2.48. The van der Waals surface area contributed by atoms with Gasteiger partial charge in [-0.1, -0.05) is 25.1 Å². The minimum absolute atomic E-state index is 0.533. The molecule has 2 heteroatoms. The Labute approximate surface area is 128 Å². The quantitative estimate of drug-likeness (QED) is 0.801. The minimum atomic E-state index is 0.533. The summed E-state index contributed by atoms with van der Waals surface area (Å²) in [6, 6.07) is 6.99. The molecular weight excluding hydrogens is 258 g/mol. The summed E-state index contributed by atoms with van der Waals surface area (Å²) in [7, 11) is 0. The number of hydrogen-bond acceptors (Lipinski definition) is 2. The largest absolute Gasteiger partial charge is 0.491 e. The normalized spacial score (nSPS) is 21.0. The topological polar surface area (TPSA) is 12.5 Å². The van der Waals surface area contributed by atoms with E-state index < -0.39 is 0 Å². The molecule has 1 saturated heterocycles. The maximum Gasteiger partial charge on any atom is 0.119 e. The van der Waals surface area contributed by atoms with Crippen LogP contribution in [0.4, 0.5) is 0 Å². The number of rotatable bonds is 5. The molecule has 2 nitrogen and oxygen atoms in total. The van der Waals surface area contributed by atoms with Gasteiger partial charge in [0.05, 0.1) is 6.04 Å². The summed E-state index contributed by atoms with van der Waals surface area (Å²) < 4.78 is 6.04. The number of allylic oxidation sites excluding steroid dienone is 3. The summed E-state index contributed by atoms with van der Waals surface area (Å²) in [5, 5.41) is 0. The first-order valence-corrected chi connectivity index (χ1v) is 8.13. The van der Waals surface area contributed by atoms with Gasteiger partial charge in [-0.15, -0.1) is 0 Å². The van der Waals surface area contributed by atoms with Crippen molar-refractivity contribution >= 4 is 0 Å². The first kappa shape index (κ1) is 14.2. The van der Waals surface area contributed by atoms with Gasteiger partial charge in [-0.3, -0.25) is 0 Å². The van der Waals surface area contributed by atoms with Crippen molar-refractivity contribution in [3.63, 3.8) is 0 Å². The average Bonchev–Trinajstić information content (AvgIpc) is 2.49. The second-order valence-electron chi connectivity index (χ2n) is 6.00. The molecule has 1 aliphatic heterocycles. The second kappa shape index (κ2) is 6.38. The molecule has 112 valence electrons. The Bertz CT molecular complexity index is 559. The van der Waals surface area contributed by atoms with Crippen molar-refractivity contribution in [3.05, 3.63) is 53.3 Å². The van der Waals surface area contributed by atoms with Crippen LogP contribution in [0.1, 0.15) is 37.3 Å². The molecule has 0 amide bonds. The predicted molar refractivity (Wildman–Crippen MR) is 87.6 cm³/mol. The molecule has 0 aromatic heterocycles. The molecule has 1 unspecified atom stereocenters. The molecule has 0 bridgehead atoms. The maximum absolute atomic E-state index is 6.04. The fraction of sp³-hybridized carbons (Fsp3) is 0.474. The highest BCUT2D eigenvalue weighted by Gasteiger charge is 2.29. The van der Waals surface area contributed by atoms with Crippen LogP contribution in [0.2, 0.25) is 0 Å². The number of ether oxygens (including phenoxy) is 1. The fourth-order valence-electron chi connectivity index (χ4n) is 3.08. The molecule has 1 aliphatic carbocycles. The summed E-state index contributed by atoms with van der Waals surface area (Å²) >= 11 is 0. The SMILES string of the molecule is CCc1cc(OCC2CCN2C2=CCCC=C2)ccc1C. The summed E-state index contributed by atoms with van der Waals surface area (Å²) in [6.07, 6.45) is 11.5. The Morgan fingerprint density at radius 2 is 2.19 bits per heavy atom. The summed E-state index contributed by atoms with van der Waals surface area (Å²) in [5.74, 6) is 1.01. The van der Waals surface area contributed by atoms with Gasteiger partial charge in [-0.2, -0.15) is 0 Å². The third-order valence-electron chi connectivity index (χ3n) is 4.59. The molecule has 0 saturated carbocycles. The zero-order valence-electron chi connectivity index (χ0n) is 13.1. The van der Waals surface area contributed by atoms with Crippen molar-refractivity contribution < 1.29 is 4.74 Å². The molecule has 1 aromatic carbocycles. The van der Waals surface area contributed by atoms with Gasteiger partial charge in [0.15, 0.2) is 0 Å². The molecule has 1 atom stereocenters. The molecule has 0 N–H and O–H groups in total. The molecule has 21 heavy (non-hydrogen) atoms. The summed E-state index contributed by atoms with van der Waals surface area (Å²) in [5.41, 5.74) is 4.13. The Kier molecular flexibility index (Phi) is 4.33. The molecule has 0 radical (unpaired) electrons. The van der Waals surface area contributed by atoms with E-state index in [-0.39, 0.29) is 0 Å². The highest BCUT2D eigenvalue weighted by atomic mass is 16.5. The minimum Gasteiger partial charge on any atom is -0.491 e. The third-order valence-corrected chi connectivity index (χ3v) is 4.59. The van der Waals surface area contributed by atoms with Crippen molar-refractivity contribution in [2.45, 2.75) is 45.6 Å². The van der Waals surface area contributed by atoms with Gasteiger partial charge in [-0.25, -0.2) is 0 Å². The van der Waals surface area contributed by atoms with Crippen LogP contribution >= 0.6 is 0 Å². The number of likely N-dealkylation sites (tertiary alicyclic amines) is 1. The smallest absolute Gasteiger partial charge is 0.119 e. The Balaban J connectivity index is 1.58. The lowest BCUT2D eigenvalue weighted by molar-refractivity contribution is 0.0872. The Hall–Kier alpha value is -1.70. The maximum atomic E-state index is 6.04. The molecule has 0 spiro atoms. The van der Waals surface area contributed by atoms with Crippen LogP contribution in [0.3, 0.4) is 0 Å². The van der Waals surface area contributed by atoms with Crippen molar-refractivity contribution in [2.24, 2.45) is 0 Å². The van der Waals surface area contributed by atoms with Gasteiger partial charge in [0, 0.05) is 12.2 Å². The lowest BCUT2D eigenvalue weighted by Crippen LogP contribution is -2.49. The molecule has 1 aromatic rings. The van der Waals surface area contributed by atoms with Crippen LogP contribution in [-0.2, 0) is 6.42 Å². The molecule has 1 fully saturated rings. The van der Waals surface area contributed by atoms with E-state index in [1.54, 1.807) is 0 Å². The van der Waals surface area contributed by atoms with E-state index in [1.165, 1.54) is 36.1 Å². The van der Waals surface area contributed by atoms with E-state index >= 15 is 0 Å². The van der Waals surface area contributed by atoms with E-state index in [4.69, 9.17) is 4.74 Å². The average molecular weight is 283 g/mol. The van der Waals surface area contributed by atoms with Crippen LogP contribution in [0, 0.1) is 6.92 Å². The van der Waals surface area contributed by atoms with Crippen LogP contribution in [0.5, 0.6) is 5.75 Å². The van der Waals surface area contributed by atoms with Crippen LogP contribution in [0.15, 0.2) is 42.1 Å². The highest BCUT2D eigenvalue weighted by Crippen LogP contribution is 2.27. The monoisotopic (exact) mass is 283 g/mol. The van der Waals surface area contributed by atoms with Crippen molar-refractivity contribution in [2.75, 3.05) is 13.2 Å². The standard InChI is InChI=1S/C19H25NO/c1-3-16-13-19(10-9-15(16)2)21-14-18-11-12-20(18)17-7-5-4-6-8-17/h5,7-10,13,18H,3-4,6,11-12,14H2,1-2H3. The van der Waals surface area contributed by atoms with Crippen LogP contribution < -0.4 is 4.74 Å². The number of nitrogens with zero attached hydrogens (tertiary/aromatic N) is 1. The van der Waals surface area contributed by atoms with Crippen molar-refractivity contribution in [3.8, 4) is 5.75 Å². The second-order valence-corrected chi connectivity index (χ2v) is 6.00. The van der Waals surface area contributed by atoms with Gasteiger partial charge in [-0.05, 0) is 61.9 Å². The van der Waals surface area contributed by atoms with E-state index in [1.807, 2.05) is 0 Å². The lowest BCUT2D eigenvalue weighted by atomic mass is 10.00. The van der Waals surface area contributed by atoms with E-state index in [0.29, 0.717) is 6.04 Å². The zero-order valence-corrected chi connectivity index (χ0v) is 13.1. The third kappa shape index (κ3) is 3.15. The number of hydrogen-bond donors (Lipinski definition) is 0. The first-order chi connectivity index (χ1) is 10.3. The number of benzene rings is 1.